The van der Waals surface area contributed by atoms with E-state index in [1.165, 1.54) is 19.3 Å². The molecule has 1 aromatic heterocycles. The summed E-state index contributed by atoms with van der Waals surface area (Å²) in [5, 5.41) is 1.93. The van der Waals surface area contributed by atoms with E-state index in [0.29, 0.717) is 0 Å². The van der Waals surface area contributed by atoms with Gasteiger partial charge in [-0.05, 0) is 85.9 Å². The van der Waals surface area contributed by atoms with Gasteiger partial charge in [-0.15, -0.1) is 11.3 Å². The fourth-order valence-electron chi connectivity index (χ4n) is 7.46. The van der Waals surface area contributed by atoms with Gasteiger partial charge >= 0.3 is 0 Å². The van der Waals surface area contributed by atoms with Crippen LogP contribution in [0.1, 0.15) is 84.5 Å². The van der Waals surface area contributed by atoms with Crippen molar-refractivity contribution in [3.63, 3.8) is 0 Å². The number of thiazole rings is 1. The number of aromatic nitrogens is 1. The molecule has 1 heterocycles. The fraction of sp³-hybridized carbons (Fsp3) is 0.864. The molecule has 4 aliphatic carbocycles. The molecule has 2 heteroatoms. The molecule has 1 unspecified atom stereocenters. The largest absolute Gasteiger partial charge is 0.253 e. The topological polar surface area (TPSA) is 12.9 Å². The first kappa shape index (κ1) is 17.1. The van der Waals surface area contributed by atoms with Crippen molar-refractivity contribution in [2.45, 2.75) is 84.5 Å². The highest BCUT2D eigenvalue weighted by molar-refractivity contribution is 7.07. The highest BCUT2D eigenvalue weighted by atomic mass is 32.1. The van der Waals surface area contributed by atoms with E-state index in [-0.39, 0.29) is 0 Å². The molecule has 0 aliphatic heterocycles. The number of fused-ring (bicyclic) bond motifs is 5. The van der Waals surface area contributed by atoms with E-state index >= 15 is 0 Å². The summed E-state index contributed by atoms with van der Waals surface area (Å²) in [5.74, 6) is 4.41. The van der Waals surface area contributed by atoms with Gasteiger partial charge in [-0.25, -0.2) is 0 Å². The highest BCUT2D eigenvalue weighted by Crippen LogP contribution is 2.66. The second kappa shape index (κ2) is 6.74. The highest BCUT2D eigenvalue weighted by Gasteiger charge is 2.56. The van der Waals surface area contributed by atoms with Crippen LogP contribution in [0.25, 0.3) is 0 Å². The zero-order valence-corrected chi connectivity index (χ0v) is 16.5. The van der Waals surface area contributed by atoms with Gasteiger partial charge in [-0.1, -0.05) is 33.1 Å². The lowest BCUT2D eigenvalue weighted by Crippen LogP contribution is -2.51. The molecule has 134 valence electrons. The molecular weight excluding hydrogens is 310 g/mol. The van der Waals surface area contributed by atoms with Crippen LogP contribution in [-0.2, 0) is 0 Å². The van der Waals surface area contributed by atoms with Crippen molar-refractivity contribution in [1.82, 2.24) is 4.98 Å². The first-order valence-electron chi connectivity index (χ1n) is 10.5. The minimum atomic E-state index is 0.741. The van der Waals surface area contributed by atoms with Crippen molar-refractivity contribution in [2.75, 3.05) is 0 Å². The Bertz CT molecular complexity index is 509. The third-order valence-electron chi connectivity index (χ3n) is 8.71. The molecule has 0 bridgehead atoms. The second-order valence-corrected chi connectivity index (χ2v) is 10.4. The summed E-state index contributed by atoms with van der Waals surface area (Å²) in [6.45, 7) is 5.33. The maximum Gasteiger partial charge on any atom is 0.0791 e. The van der Waals surface area contributed by atoms with Crippen LogP contribution in [-0.4, -0.2) is 4.98 Å². The van der Waals surface area contributed by atoms with E-state index in [0.717, 1.165) is 34.5 Å². The zero-order chi connectivity index (χ0) is 16.6. The Labute approximate surface area is 152 Å². The minimum absolute atomic E-state index is 0.741. The lowest BCUT2D eigenvalue weighted by molar-refractivity contribution is -0.103. The van der Waals surface area contributed by atoms with Crippen molar-refractivity contribution in [3.05, 3.63) is 17.1 Å². The summed E-state index contributed by atoms with van der Waals surface area (Å²) in [4.78, 5) is 3.74. The summed E-state index contributed by atoms with van der Waals surface area (Å²) < 4.78 is 0. The Morgan fingerprint density at radius 1 is 0.875 bits per heavy atom. The van der Waals surface area contributed by atoms with Gasteiger partial charge in [-0.3, -0.25) is 4.98 Å². The van der Waals surface area contributed by atoms with Crippen molar-refractivity contribution >= 4 is 11.3 Å². The van der Waals surface area contributed by atoms with Crippen LogP contribution in [0.15, 0.2) is 17.1 Å². The molecule has 24 heavy (non-hydrogen) atoms. The molecule has 5 rings (SSSR count). The lowest BCUT2D eigenvalue weighted by Gasteiger charge is -2.60. The molecule has 0 radical (unpaired) electrons. The van der Waals surface area contributed by atoms with Crippen molar-refractivity contribution in [2.24, 2.45) is 34.5 Å². The maximum atomic E-state index is 3.74. The molecular formula is C22H35NS. The van der Waals surface area contributed by atoms with Gasteiger partial charge in [0.05, 0.1) is 5.51 Å². The number of hydrogen-bond acceptors (Lipinski definition) is 2. The number of hydrogen-bond donors (Lipinski definition) is 0. The molecule has 6 atom stereocenters. The van der Waals surface area contributed by atoms with Gasteiger partial charge in [0.15, 0.2) is 0 Å². The van der Waals surface area contributed by atoms with E-state index in [1.54, 1.807) is 74.4 Å². The zero-order valence-electron chi connectivity index (χ0n) is 15.7. The summed E-state index contributed by atoms with van der Waals surface area (Å²) in [6.07, 6.45) is 18.9. The van der Waals surface area contributed by atoms with Crippen LogP contribution in [0.2, 0.25) is 0 Å². The average Bonchev–Trinajstić information content (AvgIpc) is 3.26. The Morgan fingerprint density at radius 2 is 1.79 bits per heavy atom. The van der Waals surface area contributed by atoms with Gasteiger partial charge in [0.1, 0.15) is 0 Å². The summed E-state index contributed by atoms with van der Waals surface area (Å²) in [5.41, 5.74) is 3.28. The first-order valence-corrected chi connectivity index (χ1v) is 11.4. The molecule has 0 spiro atoms. The summed E-state index contributed by atoms with van der Waals surface area (Å²) in [6, 6.07) is 0. The Kier molecular flexibility index (Phi) is 4.79. The number of rotatable bonds is 0. The van der Waals surface area contributed by atoms with Crippen molar-refractivity contribution in [1.29, 1.82) is 0 Å². The smallest absolute Gasteiger partial charge is 0.0791 e. The molecule has 1 aromatic rings. The van der Waals surface area contributed by atoms with Gasteiger partial charge < -0.3 is 0 Å². The summed E-state index contributed by atoms with van der Waals surface area (Å²) in [7, 11) is 0. The van der Waals surface area contributed by atoms with Crippen LogP contribution in [0.4, 0.5) is 0 Å². The first-order chi connectivity index (χ1) is 11.6. The van der Waals surface area contributed by atoms with Crippen molar-refractivity contribution < 1.29 is 0 Å². The predicted octanol–water partition coefficient (Wildman–Crippen LogP) is 6.95. The molecule has 4 aliphatic rings. The molecule has 0 aromatic carbocycles. The van der Waals surface area contributed by atoms with Gasteiger partial charge in [0.2, 0.25) is 0 Å². The maximum absolute atomic E-state index is 3.74. The third-order valence-corrected chi connectivity index (χ3v) is 9.23. The fourth-order valence-corrected chi connectivity index (χ4v) is 7.82. The average molecular weight is 346 g/mol. The van der Waals surface area contributed by atoms with E-state index in [2.05, 4.69) is 18.8 Å². The quantitative estimate of drug-likeness (QED) is 0.495. The SMILES string of the molecule is C[C@@]12CCC[C@H]1[C@@H]1CCC3CCCC[C@]3(C)[C@H]1CC2.c1cscn1. The molecule has 4 saturated carbocycles. The molecule has 0 N–H and O–H groups in total. The molecule has 0 amide bonds. The summed E-state index contributed by atoms with van der Waals surface area (Å²) >= 11 is 1.60. The van der Waals surface area contributed by atoms with Crippen LogP contribution in [0, 0.1) is 34.5 Å². The molecule has 4 fully saturated rings. The van der Waals surface area contributed by atoms with Gasteiger partial charge in [0.25, 0.3) is 0 Å². The Hall–Kier alpha value is -0.370. The Morgan fingerprint density at radius 3 is 2.54 bits per heavy atom. The van der Waals surface area contributed by atoms with E-state index < -0.39 is 0 Å². The molecule has 1 nitrogen and oxygen atoms in total. The van der Waals surface area contributed by atoms with Crippen LogP contribution < -0.4 is 0 Å². The van der Waals surface area contributed by atoms with Crippen LogP contribution >= 0.6 is 11.3 Å². The van der Waals surface area contributed by atoms with Crippen LogP contribution in [0.5, 0.6) is 0 Å². The van der Waals surface area contributed by atoms with E-state index in [9.17, 15) is 0 Å². The second-order valence-electron chi connectivity index (χ2n) is 9.66. The minimum Gasteiger partial charge on any atom is -0.253 e. The monoisotopic (exact) mass is 345 g/mol. The Balaban J connectivity index is 0.000000252. The van der Waals surface area contributed by atoms with Gasteiger partial charge in [0, 0.05) is 11.6 Å². The van der Waals surface area contributed by atoms with Crippen molar-refractivity contribution in [3.8, 4) is 0 Å². The van der Waals surface area contributed by atoms with Gasteiger partial charge in [-0.2, -0.15) is 0 Å². The molecule has 0 saturated heterocycles. The number of nitrogens with zero attached hydrogens (tertiary/aromatic N) is 1. The van der Waals surface area contributed by atoms with Crippen LogP contribution in [0.3, 0.4) is 0 Å². The third kappa shape index (κ3) is 2.87. The normalized spacial score (nSPS) is 46.9. The standard InChI is InChI=1S/C19H32.C3H3NS/c1-18-11-5-7-16(18)15-9-8-14-6-3-4-12-19(14,2)17(15)10-13-18;1-2-5-3-4-1/h14-17H,3-13H2,1-2H3;1-3H/t14?,15-,16-,17-,18-,19-;/m0./s1. The predicted molar refractivity (Wildman–Crippen MR) is 103 cm³/mol. The lowest BCUT2D eigenvalue weighted by atomic mass is 9.45. The van der Waals surface area contributed by atoms with E-state index in [1.807, 2.05) is 5.38 Å². The van der Waals surface area contributed by atoms with E-state index in [4.69, 9.17) is 0 Å².